The molecule has 1 N–H and O–H groups in total. The van der Waals surface area contributed by atoms with E-state index in [9.17, 15) is 4.79 Å². The Kier molecular flexibility index (Phi) is 3.56. The highest BCUT2D eigenvalue weighted by Crippen LogP contribution is 2.27. The highest BCUT2D eigenvalue weighted by atomic mass is 127. The second kappa shape index (κ2) is 5.17. The smallest absolute Gasteiger partial charge is 0.253 e. The minimum Gasteiger partial charge on any atom is -0.338 e. The predicted octanol–water partition coefficient (Wildman–Crippen LogP) is 1.97. The number of carbonyl (C=O) groups excluding carboxylic acids is 1. The summed E-state index contributed by atoms with van der Waals surface area (Å²) in [5.74, 6) is 1.63. The molecule has 0 bridgehead atoms. The molecule has 3 rings (SSSR count). The van der Waals surface area contributed by atoms with Crippen molar-refractivity contribution in [2.24, 2.45) is 11.8 Å². The van der Waals surface area contributed by atoms with Crippen molar-refractivity contribution in [3.05, 3.63) is 33.4 Å². The molecule has 2 aliphatic heterocycles. The van der Waals surface area contributed by atoms with Gasteiger partial charge in [0.1, 0.15) is 0 Å². The van der Waals surface area contributed by atoms with Gasteiger partial charge >= 0.3 is 0 Å². The van der Waals surface area contributed by atoms with Gasteiger partial charge in [0, 0.05) is 22.2 Å². The molecule has 1 aromatic carbocycles. The summed E-state index contributed by atoms with van der Waals surface area (Å²) in [6.45, 7) is 4.03. The Balaban J connectivity index is 1.73. The van der Waals surface area contributed by atoms with E-state index in [-0.39, 0.29) is 5.91 Å². The number of amides is 1. The lowest BCUT2D eigenvalue weighted by atomic mass is 9.88. The lowest BCUT2D eigenvalue weighted by molar-refractivity contribution is 0.0642. The van der Waals surface area contributed by atoms with E-state index in [2.05, 4.69) is 27.9 Å². The van der Waals surface area contributed by atoms with Crippen LogP contribution in [0.4, 0.5) is 0 Å². The van der Waals surface area contributed by atoms with Gasteiger partial charge in [-0.25, -0.2) is 0 Å². The third-order valence-corrected chi connectivity index (χ3v) is 4.73. The number of halogens is 1. The van der Waals surface area contributed by atoms with Crippen molar-refractivity contribution in [3.8, 4) is 0 Å². The molecule has 0 aliphatic carbocycles. The van der Waals surface area contributed by atoms with E-state index >= 15 is 0 Å². The number of nitrogens with zero attached hydrogens (tertiary/aromatic N) is 1. The number of hydrogen-bond donors (Lipinski definition) is 1. The maximum atomic E-state index is 12.4. The first kappa shape index (κ1) is 12.4. The Morgan fingerprint density at radius 1 is 1.33 bits per heavy atom. The maximum absolute atomic E-state index is 12.4. The average molecular weight is 356 g/mol. The molecule has 2 unspecified atom stereocenters. The molecule has 1 amide bonds. The monoisotopic (exact) mass is 356 g/mol. The van der Waals surface area contributed by atoms with Crippen LogP contribution < -0.4 is 5.32 Å². The molecule has 0 spiro atoms. The molecule has 3 nitrogen and oxygen atoms in total. The van der Waals surface area contributed by atoms with Gasteiger partial charge in [-0.15, -0.1) is 0 Å². The molecule has 0 radical (unpaired) electrons. The van der Waals surface area contributed by atoms with Crippen LogP contribution in [0, 0.1) is 15.4 Å². The SMILES string of the molecule is O=C(c1cccc(I)c1)N1CCC2CNCC2C1. The van der Waals surface area contributed by atoms with Crippen molar-refractivity contribution in [1.29, 1.82) is 0 Å². The van der Waals surface area contributed by atoms with E-state index in [1.807, 2.05) is 29.2 Å². The molecule has 4 heteroatoms. The molecular weight excluding hydrogens is 339 g/mol. The summed E-state index contributed by atoms with van der Waals surface area (Å²) in [6.07, 6.45) is 1.15. The molecule has 96 valence electrons. The number of nitrogens with one attached hydrogen (secondary N) is 1. The lowest BCUT2D eigenvalue weighted by Gasteiger charge is -2.34. The summed E-state index contributed by atoms with van der Waals surface area (Å²) in [6, 6.07) is 7.87. The van der Waals surface area contributed by atoms with Gasteiger partial charge in [-0.2, -0.15) is 0 Å². The fourth-order valence-corrected chi connectivity index (χ4v) is 3.57. The quantitative estimate of drug-likeness (QED) is 0.781. The Morgan fingerprint density at radius 3 is 3.00 bits per heavy atom. The lowest BCUT2D eigenvalue weighted by Crippen LogP contribution is -2.43. The van der Waals surface area contributed by atoms with Crippen LogP contribution in [0.25, 0.3) is 0 Å². The Labute approximate surface area is 121 Å². The largest absolute Gasteiger partial charge is 0.338 e. The van der Waals surface area contributed by atoms with Crippen molar-refractivity contribution in [2.75, 3.05) is 26.2 Å². The molecular formula is C14H17IN2O. The van der Waals surface area contributed by atoms with Crippen molar-refractivity contribution in [3.63, 3.8) is 0 Å². The van der Waals surface area contributed by atoms with Crippen molar-refractivity contribution >= 4 is 28.5 Å². The van der Waals surface area contributed by atoms with E-state index in [4.69, 9.17) is 0 Å². The van der Waals surface area contributed by atoms with Gasteiger partial charge in [0.05, 0.1) is 0 Å². The number of carbonyl (C=O) groups is 1. The van der Waals surface area contributed by atoms with Crippen LogP contribution in [0.5, 0.6) is 0 Å². The zero-order valence-electron chi connectivity index (χ0n) is 10.2. The molecule has 2 heterocycles. The summed E-state index contributed by atoms with van der Waals surface area (Å²) >= 11 is 2.25. The first-order valence-electron chi connectivity index (χ1n) is 6.49. The minimum atomic E-state index is 0.193. The minimum absolute atomic E-state index is 0.193. The second-order valence-corrected chi connectivity index (χ2v) is 6.47. The highest BCUT2D eigenvalue weighted by Gasteiger charge is 2.34. The number of hydrogen-bond acceptors (Lipinski definition) is 2. The number of rotatable bonds is 1. The number of likely N-dealkylation sites (tertiary alicyclic amines) is 1. The number of fused-ring (bicyclic) bond motifs is 1. The zero-order valence-corrected chi connectivity index (χ0v) is 12.4. The van der Waals surface area contributed by atoms with Crippen LogP contribution in [0.2, 0.25) is 0 Å². The van der Waals surface area contributed by atoms with Crippen LogP contribution in [0.15, 0.2) is 24.3 Å². The van der Waals surface area contributed by atoms with Gasteiger partial charge in [0.25, 0.3) is 5.91 Å². The predicted molar refractivity (Wildman–Crippen MR) is 79.5 cm³/mol. The molecule has 2 atom stereocenters. The van der Waals surface area contributed by atoms with Crippen molar-refractivity contribution in [2.45, 2.75) is 6.42 Å². The third-order valence-electron chi connectivity index (χ3n) is 4.06. The van der Waals surface area contributed by atoms with Crippen molar-refractivity contribution in [1.82, 2.24) is 10.2 Å². The Hall–Kier alpha value is -0.620. The van der Waals surface area contributed by atoms with Gasteiger partial charge in [-0.05, 0) is 72.1 Å². The van der Waals surface area contributed by atoms with Crippen LogP contribution in [-0.2, 0) is 0 Å². The van der Waals surface area contributed by atoms with Crippen LogP contribution >= 0.6 is 22.6 Å². The molecule has 2 saturated heterocycles. The fourth-order valence-electron chi connectivity index (χ4n) is 3.02. The first-order chi connectivity index (χ1) is 8.74. The molecule has 0 saturated carbocycles. The van der Waals surface area contributed by atoms with Crippen LogP contribution in [0.3, 0.4) is 0 Å². The van der Waals surface area contributed by atoms with Gasteiger partial charge in [0.15, 0.2) is 0 Å². The second-order valence-electron chi connectivity index (χ2n) is 5.23. The van der Waals surface area contributed by atoms with Gasteiger partial charge in [0.2, 0.25) is 0 Å². The summed E-state index contributed by atoms with van der Waals surface area (Å²) in [5, 5.41) is 3.43. The van der Waals surface area contributed by atoms with E-state index in [1.165, 1.54) is 0 Å². The molecule has 1 aromatic rings. The molecule has 0 aromatic heterocycles. The zero-order chi connectivity index (χ0) is 12.5. The summed E-state index contributed by atoms with van der Waals surface area (Å²) in [4.78, 5) is 14.5. The van der Waals surface area contributed by atoms with E-state index in [1.54, 1.807) is 0 Å². The van der Waals surface area contributed by atoms with Gasteiger partial charge in [-0.3, -0.25) is 4.79 Å². The van der Waals surface area contributed by atoms with E-state index in [0.29, 0.717) is 5.92 Å². The Morgan fingerprint density at radius 2 is 2.17 bits per heavy atom. The van der Waals surface area contributed by atoms with E-state index < -0.39 is 0 Å². The fraction of sp³-hybridized carbons (Fsp3) is 0.500. The first-order valence-corrected chi connectivity index (χ1v) is 7.57. The average Bonchev–Trinajstić information content (AvgIpc) is 2.85. The van der Waals surface area contributed by atoms with E-state index in [0.717, 1.165) is 47.7 Å². The maximum Gasteiger partial charge on any atom is 0.253 e. The third kappa shape index (κ3) is 2.40. The normalized spacial score (nSPS) is 27.1. The van der Waals surface area contributed by atoms with Gasteiger partial charge in [-0.1, -0.05) is 6.07 Å². The topological polar surface area (TPSA) is 32.3 Å². The number of benzene rings is 1. The van der Waals surface area contributed by atoms with Crippen LogP contribution in [0.1, 0.15) is 16.8 Å². The summed E-state index contributed by atoms with van der Waals surface area (Å²) in [7, 11) is 0. The Bertz CT molecular complexity index is 463. The molecule has 2 fully saturated rings. The molecule has 18 heavy (non-hydrogen) atoms. The van der Waals surface area contributed by atoms with Crippen LogP contribution in [-0.4, -0.2) is 37.0 Å². The standard InChI is InChI=1S/C14H17IN2O/c15-13-3-1-2-10(6-13)14(18)17-5-4-11-7-16-8-12(11)9-17/h1-3,6,11-12,16H,4-5,7-9H2. The van der Waals surface area contributed by atoms with Gasteiger partial charge < -0.3 is 10.2 Å². The summed E-state index contributed by atoms with van der Waals surface area (Å²) in [5.41, 5.74) is 0.825. The van der Waals surface area contributed by atoms with Crippen molar-refractivity contribution < 1.29 is 4.79 Å². The molecule has 2 aliphatic rings. The summed E-state index contributed by atoms with van der Waals surface area (Å²) < 4.78 is 1.12. The highest BCUT2D eigenvalue weighted by molar-refractivity contribution is 14.1. The number of piperidine rings is 1.